The predicted molar refractivity (Wildman–Crippen MR) is 66.6 cm³/mol. The van der Waals surface area contributed by atoms with Gasteiger partial charge in [0.05, 0.1) is 15.7 Å². The van der Waals surface area contributed by atoms with Crippen LogP contribution < -0.4 is 5.73 Å². The molecule has 0 fully saturated rings. The van der Waals surface area contributed by atoms with E-state index in [1.165, 1.54) is 0 Å². The van der Waals surface area contributed by atoms with Gasteiger partial charge in [0.25, 0.3) is 0 Å². The highest BCUT2D eigenvalue weighted by molar-refractivity contribution is 6.37. The van der Waals surface area contributed by atoms with Crippen LogP contribution in [0.5, 0.6) is 0 Å². The third-order valence-corrected chi connectivity index (χ3v) is 2.72. The minimum atomic E-state index is 0.274. The Morgan fingerprint density at radius 2 is 1.94 bits per heavy atom. The third kappa shape index (κ3) is 2.10. The average Bonchev–Trinajstić information content (AvgIpc) is 2.23. The van der Waals surface area contributed by atoms with Gasteiger partial charge in [-0.15, -0.1) is 0 Å². The highest BCUT2D eigenvalue weighted by Gasteiger charge is 2.09. The third-order valence-electron chi connectivity index (χ3n) is 2.13. The first-order valence-corrected chi connectivity index (χ1v) is 5.38. The molecule has 0 amide bonds. The van der Waals surface area contributed by atoms with E-state index in [-0.39, 0.29) is 5.82 Å². The van der Waals surface area contributed by atoms with Gasteiger partial charge in [0.15, 0.2) is 0 Å². The number of nitrogen functional groups attached to an aromatic ring is 1. The fourth-order valence-electron chi connectivity index (χ4n) is 1.38. The van der Waals surface area contributed by atoms with Crippen molar-refractivity contribution in [2.75, 3.05) is 5.73 Å². The second kappa shape index (κ2) is 4.28. The molecule has 2 rings (SSSR count). The molecular weight excluding hydrogens is 245 g/mol. The number of nitrogens with two attached hydrogens (primary N) is 1. The first-order valence-electron chi connectivity index (χ1n) is 4.62. The Labute approximate surface area is 103 Å². The van der Waals surface area contributed by atoms with Gasteiger partial charge in [0.2, 0.25) is 0 Å². The molecular formula is C11H9Cl2N3. The van der Waals surface area contributed by atoms with Crippen LogP contribution in [0.4, 0.5) is 5.82 Å². The Balaban J connectivity index is 2.60. The number of hydrogen-bond acceptors (Lipinski definition) is 3. The summed E-state index contributed by atoms with van der Waals surface area (Å²) in [5.74, 6) is 0.274. The number of aromatic nitrogens is 2. The lowest BCUT2D eigenvalue weighted by Gasteiger charge is -2.06. The van der Waals surface area contributed by atoms with Crippen molar-refractivity contribution >= 4 is 29.0 Å². The molecule has 0 spiro atoms. The van der Waals surface area contributed by atoms with Crippen molar-refractivity contribution in [1.82, 2.24) is 9.97 Å². The SMILES string of the molecule is Cc1cc(-c2nc(N)c(Cl)cc2Cl)ccn1. The molecule has 0 saturated carbocycles. The minimum absolute atomic E-state index is 0.274. The van der Waals surface area contributed by atoms with Gasteiger partial charge >= 0.3 is 0 Å². The van der Waals surface area contributed by atoms with Crippen LogP contribution in [0, 0.1) is 6.92 Å². The summed E-state index contributed by atoms with van der Waals surface area (Å²) in [5.41, 5.74) is 8.04. The Kier molecular flexibility index (Phi) is 2.99. The molecule has 0 radical (unpaired) electrons. The van der Waals surface area contributed by atoms with Gasteiger partial charge in [-0.3, -0.25) is 4.98 Å². The number of nitrogens with zero attached hydrogens (tertiary/aromatic N) is 2. The number of pyridine rings is 2. The van der Waals surface area contributed by atoms with Gasteiger partial charge in [-0.05, 0) is 25.1 Å². The second-order valence-electron chi connectivity index (χ2n) is 3.37. The zero-order valence-corrected chi connectivity index (χ0v) is 10.0. The first-order chi connectivity index (χ1) is 7.58. The van der Waals surface area contributed by atoms with E-state index in [1.807, 2.05) is 19.1 Å². The van der Waals surface area contributed by atoms with Gasteiger partial charge < -0.3 is 5.73 Å². The second-order valence-corrected chi connectivity index (χ2v) is 4.19. The number of halogens is 2. The fourth-order valence-corrected chi connectivity index (χ4v) is 1.84. The lowest BCUT2D eigenvalue weighted by molar-refractivity contribution is 1.19. The molecule has 0 atom stereocenters. The van der Waals surface area contributed by atoms with Crippen LogP contribution in [-0.2, 0) is 0 Å². The average molecular weight is 254 g/mol. The molecule has 0 aliphatic rings. The largest absolute Gasteiger partial charge is 0.382 e. The zero-order chi connectivity index (χ0) is 11.7. The molecule has 0 aliphatic carbocycles. The summed E-state index contributed by atoms with van der Waals surface area (Å²) in [5, 5.41) is 0.837. The Morgan fingerprint density at radius 1 is 1.19 bits per heavy atom. The molecule has 2 heterocycles. The van der Waals surface area contributed by atoms with Crippen LogP contribution in [-0.4, -0.2) is 9.97 Å². The topological polar surface area (TPSA) is 51.8 Å². The lowest BCUT2D eigenvalue weighted by atomic mass is 10.1. The summed E-state index contributed by atoms with van der Waals surface area (Å²) < 4.78 is 0. The van der Waals surface area contributed by atoms with Gasteiger partial charge in [-0.1, -0.05) is 23.2 Å². The van der Waals surface area contributed by atoms with Gasteiger partial charge in [-0.2, -0.15) is 0 Å². The Hall–Kier alpha value is -1.32. The molecule has 2 aromatic heterocycles. The number of aryl methyl sites for hydroxylation is 1. The normalized spacial score (nSPS) is 10.4. The molecule has 0 saturated heterocycles. The van der Waals surface area contributed by atoms with Crippen molar-refractivity contribution in [2.24, 2.45) is 0 Å². The van der Waals surface area contributed by atoms with E-state index in [1.54, 1.807) is 12.3 Å². The lowest BCUT2D eigenvalue weighted by Crippen LogP contribution is -1.95. The van der Waals surface area contributed by atoms with Crippen LogP contribution in [0.3, 0.4) is 0 Å². The molecule has 2 N–H and O–H groups in total. The van der Waals surface area contributed by atoms with Gasteiger partial charge in [0, 0.05) is 17.5 Å². The van der Waals surface area contributed by atoms with E-state index >= 15 is 0 Å². The molecule has 0 aromatic carbocycles. The summed E-state index contributed by atoms with van der Waals surface area (Å²) in [7, 11) is 0. The van der Waals surface area contributed by atoms with E-state index in [4.69, 9.17) is 28.9 Å². The summed E-state index contributed by atoms with van der Waals surface area (Å²) in [4.78, 5) is 8.28. The van der Waals surface area contributed by atoms with Crippen molar-refractivity contribution in [3.8, 4) is 11.3 Å². The predicted octanol–water partition coefficient (Wildman–Crippen LogP) is 3.34. The first kappa shape index (κ1) is 11.2. The number of rotatable bonds is 1. The van der Waals surface area contributed by atoms with Crippen molar-refractivity contribution in [2.45, 2.75) is 6.92 Å². The maximum absolute atomic E-state index is 6.07. The molecule has 82 valence electrons. The van der Waals surface area contributed by atoms with E-state index in [9.17, 15) is 0 Å². The van der Waals surface area contributed by atoms with Crippen LogP contribution >= 0.6 is 23.2 Å². The van der Waals surface area contributed by atoms with E-state index in [0.717, 1.165) is 11.3 Å². The van der Waals surface area contributed by atoms with E-state index in [0.29, 0.717) is 15.7 Å². The van der Waals surface area contributed by atoms with E-state index < -0.39 is 0 Å². The highest BCUT2D eigenvalue weighted by atomic mass is 35.5. The Bertz CT molecular complexity index is 541. The molecule has 2 aromatic rings. The molecule has 0 unspecified atom stereocenters. The quantitative estimate of drug-likeness (QED) is 0.849. The minimum Gasteiger partial charge on any atom is -0.382 e. The molecule has 0 bridgehead atoms. The smallest absolute Gasteiger partial charge is 0.143 e. The van der Waals surface area contributed by atoms with Crippen LogP contribution in [0.25, 0.3) is 11.3 Å². The van der Waals surface area contributed by atoms with Crippen molar-refractivity contribution < 1.29 is 0 Å². The van der Waals surface area contributed by atoms with E-state index in [2.05, 4.69) is 9.97 Å². The fraction of sp³-hybridized carbons (Fsp3) is 0.0909. The molecule has 0 aliphatic heterocycles. The number of anilines is 1. The maximum atomic E-state index is 6.07. The summed E-state index contributed by atoms with van der Waals surface area (Å²) in [6.07, 6.45) is 1.70. The monoisotopic (exact) mass is 253 g/mol. The standard InChI is InChI=1S/C11H9Cl2N3/c1-6-4-7(2-3-15-6)10-8(12)5-9(13)11(14)16-10/h2-5H,1H3,(H2,14,16). The van der Waals surface area contributed by atoms with Gasteiger partial charge in [-0.25, -0.2) is 4.98 Å². The molecule has 5 heteroatoms. The van der Waals surface area contributed by atoms with Crippen LogP contribution in [0.2, 0.25) is 10.0 Å². The molecule has 16 heavy (non-hydrogen) atoms. The van der Waals surface area contributed by atoms with Crippen molar-refractivity contribution in [1.29, 1.82) is 0 Å². The van der Waals surface area contributed by atoms with Crippen molar-refractivity contribution in [3.05, 3.63) is 40.1 Å². The summed E-state index contributed by atoms with van der Waals surface area (Å²) in [6, 6.07) is 5.31. The van der Waals surface area contributed by atoms with Crippen LogP contribution in [0.15, 0.2) is 24.4 Å². The zero-order valence-electron chi connectivity index (χ0n) is 8.54. The summed E-state index contributed by atoms with van der Waals surface area (Å²) in [6.45, 7) is 1.90. The Morgan fingerprint density at radius 3 is 2.62 bits per heavy atom. The van der Waals surface area contributed by atoms with Crippen molar-refractivity contribution in [3.63, 3.8) is 0 Å². The maximum Gasteiger partial charge on any atom is 0.143 e. The highest BCUT2D eigenvalue weighted by Crippen LogP contribution is 2.30. The van der Waals surface area contributed by atoms with Gasteiger partial charge in [0.1, 0.15) is 5.82 Å². The van der Waals surface area contributed by atoms with Crippen LogP contribution in [0.1, 0.15) is 5.69 Å². The summed E-state index contributed by atoms with van der Waals surface area (Å²) >= 11 is 11.9. The molecule has 3 nitrogen and oxygen atoms in total. The number of hydrogen-bond donors (Lipinski definition) is 1.